The van der Waals surface area contributed by atoms with E-state index >= 15 is 0 Å². The van der Waals surface area contributed by atoms with E-state index in [2.05, 4.69) is 30.2 Å². The predicted octanol–water partition coefficient (Wildman–Crippen LogP) is 1.42. The average molecular weight is 490 g/mol. The van der Waals surface area contributed by atoms with Gasteiger partial charge >= 0.3 is 6.03 Å². The second-order valence-electron chi connectivity index (χ2n) is 8.45. The van der Waals surface area contributed by atoms with Crippen LogP contribution in [0.1, 0.15) is 11.4 Å². The molecule has 4 aromatic heterocycles. The van der Waals surface area contributed by atoms with Crippen LogP contribution in [0.4, 0.5) is 22.2 Å². The molecule has 5 N–H and O–H groups in total. The van der Waals surface area contributed by atoms with Crippen LogP contribution in [0.15, 0.2) is 36.7 Å². The number of primary amides is 1. The van der Waals surface area contributed by atoms with Gasteiger partial charge in [-0.05, 0) is 24.6 Å². The molecule has 4 aromatic rings. The molecule has 0 radical (unpaired) electrons. The van der Waals surface area contributed by atoms with Crippen LogP contribution in [-0.2, 0) is 6.54 Å². The van der Waals surface area contributed by atoms with Crippen molar-refractivity contribution in [2.75, 3.05) is 44.3 Å². The number of aromatic nitrogens is 6. The number of nitrogen functional groups attached to an aromatic ring is 1. The number of nitrogens with two attached hydrogens (primary N) is 2. The van der Waals surface area contributed by atoms with Crippen molar-refractivity contribution in [1.29, 1.82) is 0 Å². The fourth-order valence-corrected chi connectivity index (χ4v) is 4.19. The first-order chi connectivity index (χ1) is 17.4. The Morgan fingerprint density at radius 2 is 1.89 bits per heavy atom. The first-order valence-corrected chi connectivity index (χ1v) is 11.4. The van der Waals surface area contributed by atoms with Crippen LogP contribution in [-0.4, -0.2) is 78.4 Å². The van der Waals surface area contributed by atoms with Gasteiger partial charge in [0.2, 0.25) is 11.8 Å². The molecule has 1 aliphatic rings. The highest BCUT2D eigenvalue weighted by Gasteiger charge is 2.21. The van der Waals surface area contributed by atoms with E-state index in [1.54, 1.807) is 31.2 Å². The fraction of sp³-hybridized carbons (Fsp3) is 0.304. The van der Waals surface area contributed by atoms with Crippen molar-refractivity contribution in [3.8, 4) is 17.4 Å². The maximum Gasteiger partial charge on any atom is 0.314 e. The van der Waals surface area contributed by atoms with Gasteiger partial charge in [0.25, 0.3) is 0 Å². The van der Waals surface area contributed by atoms with Crippen molar-refractivity contribution < 1.29 is 9.53 Å². The highest BCUT2D eigenvalue weighted by molar-refractivity contribution is 5.76. The molecule has 0 spiro atoms. The molecule has 2 amide bonds. The Kier molecular flexibility index (Phi) is 6.21. The lowest BCUT2D eigenvalue weighted by Crippen LogP contribution is -2.50. The summed E-state index contributed by atoms with van der Waals surface area (Å²) in [4.78, 5) is 37.4. The molecule has 36 heavy (non-hydrogen) atoms. The molecule has 1 aliphatic heterocycles. The topological polar surface area (TPSA) is 166 Å². The number of hydrogen-bond donors (Lipinski definition) is 3. The molecular formula is C23H27N11O2. The minimum atomic E-state index is -0.377. The van der Waals surface area contributed by atoms with Crippen molar-refractivity contribution in [3.63, 3.8) is 0 Å². The quantitative estimate of drug-likeness (QED) is 0.360. The molecule has 5 rings (SSSR count). The van der Waals surface area contributed by atoms with Gasteiger partial charge in [-0.15, -0.1) is 0 Å². The number of fused-ring (bicyclic) bond motifs is 1. The van der Waals surface area contributed by atoms with E-state index < -0.39 is 0 Å². The molecule has 186 valence electrons. The molecule has 13 heteroatoms. The van der Waals surface area contributed by atoms with E-state index in [9.17, 15) is 4.79 Å². The average Bonchev–Trinajstić information content (AvgIpc) is 3.21. The van der Waals surface area contributed by atoms with E-state index in [-0.39, 0.29) is 12.0 Å². The summed E-state index contributed by atoms with van der Waals surface area (Å²) in [6.07, 6.45) is 3.68. The molecule has 0 aromatic carbocycles. The van der Waals surface area contributed by atoms with Crippen molar-refractivity contribution in [2.45, 2.75) is 13.5 Å². The monoisotopic (exact) mass is 489 g/mol. The van der Waals surface area contributed by atoms with E-state index in [4.69, 9.17) is 21.2 Å². The number of nitrogens with one attached hydrogen (secondary N) is 1. The lowest BCUT2D eigenvalue weighted by Gasteiger charge is -2.33. The maximum atomic E-state index is 11.4. The fourth-order valence-electron chi connectivity index (χ4n) is 4.19. The SMILES string of the molecule is COc1ccc(Nc2nc3ccc(CN4CCN(C(N)=O)CC4)cn3c2-c2nc(C)nc(N)n2)cn1. The molecule has 0 unspecified atom stereocenters. The van der Waals surface area contributed by atoms with Gasteiger partial charge in [-0.1, -0.05) is 6.07 Å². The first kappa shape index (κ1) is 23.2. The minimum absolute atomic E-state index is 0.132. The zero-order valence-electron chi connectivity index (χ0n) is 20.0. The lowest BCUT2D eigenvalue weighted by molar-refractivity contribution is 0.140. The molecule has 1 fully saturated rings. The number of amides is 2. The predicted molar refractivity (Wildman–Crippen MR) is 134 cm³/mol. The number of nitrogens with zero attached hydrogens (tertiary/aromatic N) is 8. The van der Waals surface area contributed by atoms with Crippen molar-refractivity contribution >= 4 is 29.1 Å². The van der Waals surface area contributed by atoms with Crippen molar-refractivity contribution in [3.05, 3.63) is 48.0 Å². The standard InChI is InChI=1S/C23H27N11O2/c1-14-27-20(31-22(24)28-14)19-21(29-16-4-6-18(36-2)26-11-16)30-17-5-3-15(13-34(17)19)12-32-7-9-33(10-8-32)23(25)35/h3-6,11,13,29H,7-10,12H2,1-2H3,(H2,25,35)(H2,24,27,28,31). The summed E-state index contributed by atoms with van der Waals surface area (Å²) in [5, 5.41) is 3.32. The van der Waals surface area contributed by atoms with E-state index in [0.29, 0.717) is 54.3 Å². The Morgan fingerprint density at radius 3 is 2.56 bits per heavy atom. The number of pyridine rings is 2. The van der Waals surface area contributed by atoms with Crippen molar-refractivity contribution in [2.24, 2.45) is 5.73 Å². The second-order valence-corrected chi connectivity index (χ2v) is 8.45. The lowest BCUT2D eigenvalue weighted by atomic mass is 10.2. The largest absolute Gasteiger partial charge is 0.481 e. The van der Waals surface area contributed by atoms with Gasteiger partial charge in [-0.3, -0.25) is 9.30 Å². The van der Waals surface area contributed by atoms with Crippen LogP contribution in [0.5, 0.6) is 5.88 Å². The van der Waals surface area contributed by atoms with Gasteiger partial charge in [0.1, 0.15) is 17.2 Å². The van der Waals surface area contributed by atoms with Crippen LogP contribution >= 0.6 is 0 Å². The summed E-state index contributed by atoms with van der Waals surface area (Å²) in [6, 6.07) is 7.23. The van der Waals surface area contributed by atoms with Crippen LogP contribution < -0.4 is 21.5 Å². The number of anilines is 3. The number of urea groups is 1. The molecular weight excluding hydrogens is 462 g/mol. The summed E-state index contributed by atoms with van der Waals surface area (Å²) in [7, 11) is 1.57. The molecule has 0 saturated carbocycles. The number of ether oxygens (including phenoxy) is 1. The Morgan fingerprint density at radius 1 is 1.08 bits per heavy atom. The van der Waals surface area contributed by atoms with Gasteiger partial charge in [-0.2, -0.15) is 9.97 Å². The second kappa shape index (κ2) is 9.62. The Labute approximate surface area is 207 Å². The van der Waals surface area contributed by atoms with Gasteiger partial charge in [0.15, 0.2) is 11.6 Å². The summed E-state index contributed by atoms with van der Waals surface area (Å²) in [5.41, 5.74) is 14.5. The number of hydrogen-bond acceptors (Lipinski definition) is 10. The van der Waals surface area contributed by atoms with Gasteiger partial charge in [-0.25, -0.2) is 19.7 Å². The third kappa shape index (κ3) is 4.81. The summed E-state index contributed by atoms with van der Waals surface area (Å²) in [5.74, 6) is 2.11. The number of carbonyl (C=O) groups excluding carboxylic acids is 1. The van der Waals surface area contributed by atoms with Gasteiger partial charge in [0, 0.05) is 45.0 Å². The summed E-state index contributed by atoms with van der Waals surface area (Å²) < 4.78 is 7.10. The van der Waals surface area contributed by atoms with Gasteiger partial charge < -0.3 is 26.4 Å². The van der Waals surface area contributed by atoms with Gasteiger partial charge in [0.05, 0.1) is 19.0 Å². The smallest absolute Gasteiger partial charge is 0.314 e. The summed E-state index contributed by atoms with van der Waals surface area (Å²) in [6.45, 7) is 5.20. The molecule has 0 bridgehead atoms. The summed E-state index contributed by atoms with van der Waals surface area (Å²) >= 11 is 0. The number of piperazine rings is 1. The Balaban J connectivity index is 1.51. The highest BCUT2D eigenvalue weighted by atomic mass is 16.5. The van der Waals surface area contributed by atoms with Crippen molar-refractivity contribution in [1.82, 2.24) is 39.1 Å². The number of methoxy groups -OCH3 is 1. The Hall–Kier alpha value is -4.52. The van der Waals surface area contributed by atoms with Crippen LogP contribution in [0.25, 0.3) is 17.2 Å². The van der Waals surface area contributed by atoms with E-state index in [1.165, 1.54) is 0 Å². The molecule has 0 aliphatic carbocycles. The third-order valence-corrected chi connectivity index (χ3v) is 5.95. The van der Waals surface area contributed by atoms with Crippen LogP contribution in [0, 0.1) is 6.92 Å². The van der Waals surface area contributed by atoms with E-state index in [1.807, 2.05) is 28.8 Å². The van der Waals surface area contributed by atoms with Crippen LogP contribution in [0.3, 0.4) is 0 Å². The molecule has 1 saturated heterocycles. The first-order valence-electron chi connectivity index (χ1n) is 11.4. The number of imidazole rings is 1. The third-order valence-electron chi connectivity index (χ3n) is 5.95. The Bertz CT molecular complexity index is 1380. The zero-order valence-corrected chi connectivity index (χ0v) is 20.0. The normalized spacial score (nSPS) is 14.2. The number of carbonyl (C=O) groups is 1. The van der Waals surface area contributed by atoms with E-state index in [0.717, 1.165) is 24.3 Å². The minimum Gasteiger partial charge on any atom is -0.481 e. The molecule has 5 heterocycles. The maximum absolute atomic E-state index is 11.4. The highest BCUT2D eigenvalue weighted by Crippen LogP contribution is 2.30. The molecule has 13 nitrogen and oxygen atoms in total. The number of rotatable bonds is 6. The number of aryl methyl sites for hydroxylation is 1. The zero-order chi connectivity index (χ0) is 25.2. The molecule has 0 atom stereocenters. The van der Waals surface area contributed by atoms with Crippen LogP contribution in [0.2, 0.25) is 0 Å².